The first-order valence-electron chi connectivity index (χ1n) is 11.7. The highest BCUT2D eigenvalue weighted by Gasteiger charge is 2.53. The number of imide groups is 1. The van der Waals surface area contributed by atoms with E-state index in [1.807, 2.05) is 18.2 Å². The first-order chi connectivity index (χ1) is 15.6. The van der Waals surface area contributed by atoms with Crippen molar-refractivity contribution in [3.63, 3.8) is 0 Å². The van der Waals surface area contributed by atoms with E-state index in [1.165, 1.54) is 0 Å². The summed E-state index contributed by atoms with van der Waals surface area (Å²) in [5.41, 5.74) is -0.0192. The van der Waals surface area contributed by atoms with Crippen LogP contribution in [0.15, 0.2) is 30.3 Å². The molecule has 0 bridgehead atoms. The van der Waals surface area contributed by atoms with Crippen LogP contribution in [-0.4, -0.2) is 47.4 Å². The van der Waals surface area contributed by atoms with Gasteiger partial charge in [-0.15, -0.1) is 0 Å². The number of amides is 4. The van der Waals surface area contributed by atoms with Crippen LogP contribution in [0, 0.1) is 11.3 Å². The van der Waals surface area contributed by atoms with Crippen LogP contribution < -0.4 is 10.6 Å². The lowest BCUT2D eigenvalue weighted by atomic mass is 9.67. The van der Waals surface area contributed by atoms with Gasteiger partial charge in [-0.1, -0.05) is 51.1 Å². The second kappa shape index (κ2) is 9.93. The zero-order valence-electron chi connectivity index (χ0n) is 20.0. The number of hydrogen-bond donors (Lipinski definition) is 2. The maximum absolute atomic E-state index is 13.2. The number of carbonyl (C=O) groups excluding carboxylic acids is 4. The van der Waals surface area contributed by atoms with Crippen LogP contribution in [-0.2, 0) is 19.1 Å². The normalized spacial score (nSPS) is 23.9. The minimum atomic E-state index is -0.914. The van der Waals surface area contributed by atoms with Gasteiger partial charge < -0.3 is 15.4 Å². The monoisotopic (exact) mass is 457 g/mol. The number of rotatable bonds is 7. The lowest BCUT2D eigenvalue weighted by Gasteiger charge is -2.40. The van der Waals surface area contributed by atoms with E-state index in [0.29, 0.717) is 18.8 Å². The number of esters is 1. The summed E-state index contributed by atoms with van der Waals surface area (Å²) in [7, 11) is 0. The number of nitrogens with zero attached hydrogens (tertiary/aromatic N) is 1. The number of benzene rings is 1. The molecular weight excluding hydrogens is 422 g/mol. The minimum Gasteiger partial charge on any atom is -0.466 e. The quantitative estimate of drug-likeness (QED) is 0.483. The van der Waals surface area contributed by atoms with Crippen molar-refractivity contribution in [3.8, 4) is 0 Å². The van der Waals surface area contributed by atoms with Crippen molar-refractivity contribution >= 4 is 23.8 Å². The fourth-order valence-corrected chi connectivity index (χ4v) is 4.84. The molecular formula is C25H35N3O5. The smallest absolute Gasteiger partial charge is 0.325 e. The van der Waals surface area contributed by atoms with Gasteiger partial charge in [-0.25, -0.2) is 4.79 Å². The maximum atomic E-state index is 13.2. The van der Waals surface area contributed by atoms with E-state index in [0.717, 1.165) is 23.3 Å². The van der Waals surface area contributed by atoms with Gasteiger partial charge in [0.2, 0.25) is 5.91 Å². The molecule has 1 unspecified atom stereocenters. The molecule has 4 amide bonds. The minimum absolute atomic E-state index is 0.0398. The molecule has 3 rings (SSSR count). The summed E-state index contributed by atoms with van der Waals surface area (Å²) in [6.45, 7) is 8.16. The number of carbonyl (C=O) groups is 4. The molecule has 180 valence electrons. The molecule has 1 saturated heterocycles. The lowest BCUT2D eigenvalue weighted by molar-refractivity contribution is -0.144. The van der Waals surface area contributed by atoms with Crippen molar-refractivity contribution < 1.29 is 23.9 Å². The molecule has 1 spiro atoms. The Bertz CT molecular complexity index is 885. The summed E-state index contributed by atoms with van der Waals surface area (Å²) in [5, 5.41) is 5.66. The Morgan fingerprint density at radius 2 is 1.82 bits per heavy atom. The molecule has 1 aliphatic carbocycles. The van der Waals surface area contributed by atoms with Crippen molar-refractivity contribution in [1.82, 2.24) is 15.5 Å². The fraction of sp³-hybridized carbons (Fsp3) is 0.600. The van der Waals surface area contributed by atoms with Gasteiger partial charge in [-0.05, 0) is 49.5 Å². The Labute approximate surface area is 195 Å². The van der Waals surface area contributed by atoms with Crippen molar-refractivity contribution in [2.24, 2.45) is 11.3 Å². The van der Waals surface area contributed by atoms with Crippen molar-refractivity contribution in [3.05, 3.63) is 35.9 Å². The van der Waals surface area contributed by atoms with Crippen molar-refractivity contribution in [2.75, 3.05) is 13.2 Å². The van der Waals surface area contributed by atoms with Gasteiger partial charge in [-0.2, -0.15) is 0 Å². The summed E-state index contributed by atoms with van der Waals surface area (Å²) in [6, 6.07) is 7.93. The summed E-state index contributed by atoms with van der Waals surface area (Å²) in [4.78, 5) is 51.7. The van der Waals surface area contributed by atoms with Crippen LogP contribution in [0.3, 0.4) is 0 Å². The number of hydrogen-bond acceptors (Lipinski definition) is 5. The summed E-state index contributed by atoms with van der Waals surface area (Å²) in [6.07, 6.45) is 2.82. The standard InChI is InChI=1S/C25H35N3O5/c1-5-33-21(30)15-19(17-9-7-6-8-10-17)26-20(29)16-28-22(31)25(27-23(28)32)13-11-18(12-14-25)24(2,3)4/h6-10,18-19H,5,11-16H2,1-4H3,(H,26,29)(H,27,32). The predicted octanol–water partition coefficient (Wildman–Crippen LogP) is 3.32. The molecule has 2 aliphatic rings. The lowest BCUT2D eigenvalue weighted by Crippen LogP contribution is -2.51. The van der Waals surface area contributed by atoms with Crippen LogP contribution in [0.1, 0.15) is 71.4 Å². The third-order valence-corrected chi connectivity index (χ3v) is 6.82. The van der Waals surface area contributed by atoms with Crippen molar-refractivity contribution in [2.45, 2.75) is 71.4 Å². The Morgan fingerprint density at radius 1 is 1.18 bits per heavy atom. The molecule has 33 heavy (non-hydrogen) atoms. The molecule has 1 aromatic rings. The first kappa shape index (κ1) is 24.7. The molecule has 1 heterocycles. The van der Waals surface area contributed by atoms with Gasteiger partial charge in [0.25, 0.3) is 5.91 Å². The van der Waals surface area contributed by atoms with Gasteiger partial charge in [0.15, 0.2) is 0 Å². The Kier molecular flexibility index (Phi) is 7.44. The molecule has 1 atom stereocenters. The zero-order chi connectivity index (χ0) is 24.2. The third-order valence-electron chi connectivity index (χ3n) is 6.82. The Balaban J connectivity index is 1.65. The zero-order valence-corrected chi connectivity index (χ0v) is 20.0. The van der Waals surface area contributed by atoms with Gasteiger partial charge in [0.05, 0.1) is 19.1 Å². The van der Waals surface area contributed by atoms with E-state index in [-0.39, 0.29) is 30.9 Å². The van der Waals surface area contributed by atoms with Gasteiger partial charge in [-0.3, -0.25) is 19.3 Å². The average molecular weight is 458 g/mol. The second-order valence-corrected chi connectivity index (χ2v) is 10.1. The van der Waals surface area contributed by atoms with Crippen molar-refractivity contribution in [1.29, 1.82) is 0 Å². The molecule has 1 aromatic carbocycles. The first-order valence-corrected chi connectivity index (χ1v) is 11.7. The largest absolute Gasteiger partial charge is 0.466 e. The van der Waals surface area contributed by atoms with E-state index < -0.39 is 29.5 Å². The molecule has 2 N–H and O–H groups in total. The van der Waals surface area contributed by atoms with Crippen LogP contribution >= 0.6 is 0 Å². The molecule has 2 fully saturated rings. The summed E-state index contributed by atoms with van der Waals surface area (Å²) in [5.74, 6) is -0.787. The third kappa shape index (κ3) is 5.72. The Hall–Kier alpha value is -2.90. The highest BCUT2D eigenvalue weighted by atomic mass is 16.5. The molecule has 0 radical (unpaired) electrons. The topological polar surface area (TPSA) is 105 Å². The van der Waals surface area contributed by atoms with Gasteiger partial charge >= 0.3 is 12.0 Å². The van der Waals surface area contributed by atoms with Crippen LogP contribution in [0.4, 0.5) is 4.79 Å². The van der Waals surface area contributed by atoms with E-state index in [4.69, 9.17) is 4.74 Å². The summed E-state index contributed by atoms with van der Waals surface area (Å²) >= 11 is 0. The van der Waals surface area contributed by atoms with Crippen LogP contribution in [0.2, 0.25) is 0 Å². The molecule has 8 nitrogen and oxygen atoms in total. The maximum Gasteiger partial charge on any atom is 0.325 e. The Morgan fingerprint density at radius 3 is 2.39 bits per heavy atom. The van der Waals surface area contributed by atoms with E-state index in [1.54, 1.807) is 19.1 Å². The predicted molar refractivity (Wildman–Crippen MR) is 123 cm³/mol. The molecule has 1 saturated carbocycles. The number of ether oxygens (including phenoxy) is 1. The summed E-state index contributed by atoms with van der Waals surface area (Å²) < 4.78 is 5.03. The van der Waals surface area contributed by atoms with Crippen LogP contribution in [0.5, 0.6) is 0 Å². The van der Waals surface area contributed by atoms with E-state index in [9.17, 15) is 19.2 Å². The number of nitrogens with one attached hydrogen (secondary N) is 2. The number of urea groups is 1. The molecule has 0 aromatic heterocycles. The van der Waals surface area contributed by atoms with E-state index >= 15 is 0 Å². The highest BCUT2D eigenvalue weighted by Crippen LogP contribution is 2.43. The second-order valence-electron chi connectivity index (χ2n) is 10.1. The molecule has 8 heteroatoms. The SMILES string of the molecule is CCOC(=O)CC(NC(=O)CN1C(=O)NC2(CCC(C(C)(C)C)CC2)C1=O)c1ccccc1. The highest BCUT2D eigenvalue weighted by molar-refractivity contribution is 6.09. The van der Waals surface area contributed by atoms with Crippen LogP contribution in [0.25, 0.3) is 0 Å². The fourth-order valence-electron chi connectivity index (χ4n) is 4.84. The van der Waals surface area contributed by atoms with E-state index in [2.05, 4.69) is 31.4 Å². The van der Waals surface area contributed by atoms with Gasteiger partial charge in [0.1, 0.15) is 12.1 Å². The van der Waals surface area contributed by atoms with Gasteiger partial charge in [0, 0.05) is 0 Å². The molecule has 1 aliphatic heterocycles. The average Bonchev–Trinajstić information content (AvgIpc) is 2.97.